The predicted molar refractivity (Wildman–Crippen MR) is 163 cm³/mol. The third-order valence-electron chi connectivity index (χ3n) is 6.71. The number of ether oxygens (including phenoxy) is 3. The number of halogens is 1. The predicted octanol–water partition coefficient (Wildman–Crippen LogP) is 5.29. The van der Waals surface area contributed by atoms with Crippen LogP contribution in [0.1, 0.15) is 54.9 Å². The molecular weight excluding hydrogens is 592 g/mol. The molecule has 9 nitrogen and oxygen atoms in total. The van der Waals surface area contributed by atoms with Gasteiger partial charge in [0.15, 0.2) is 4.80 Å². The summed E-state index contributed by atoms with van der Waals surface area (Å²) < 4.78 is 24.1. The number of furan rings is 1. The third kappa shape index (κ3) is 6.07. The number of hydrogen-bond acceptors (Lipinski definition) is 9. The van der Waals surface area contributed by atoms with Crippen molar-refractivity contribution in [2.75, 3.05) is 20.3 Å². The highest BCUT2D eigenvalue weighted by Crippen LogP contribution is 2.37. The van der Waals surface area contributed by atoms with Crippen molar-refractivity contribution in [2.45, 2.75) is 33.2 Å². The molecule has 0 unspecified atom stereocenters. The van der Waals surface area contributed by atoms with Gasteiger partial charge in [-0.25, -0.2) is 14.6 Å². The van der Waals surface area contributed by atoms with Crippen LogP contribution in [0.2, 0.25) is 5.02 Å². The van der Waals surface area contributed by atoms with Crippen molar-refractivity contribution in [3.8, 4) is 17.1 Å². The molecule has 3 heterocycles. The molecule has 0 saturated heterocycles. The summed E-state index contributed by atoms with van der Waals surface area (Å²) in [5.41, 5.74) is 1.91. The van der Waals surface area contributed by atoms with Crippen LogP contribution in [0.25, 0.3) is 17.4 Å². The van der Waals surface area contributed by atoms with Crippen LogP contribution in [0.3, 0.4) is 0 Å². The zero-order chi connectivity index (χ0) is 30.7. The first-order valence-electron chi connectivity index (χ1n) is 13.7. The molecule has 0 spiro atoms. The summed E-state index contributed by atoms with van der Waals surface area (Å²) in [6.07, 6.45) is 2.39. The first-order valence-corrected chi connectivity index (χ1v) is 14.9. The molecule has 5 rings (SSSR count). The number of esters is 2. The fraction of sp³-hybridized carbons (Fsp3) is 0.250. The Labute approximate surface area is 256 Å². The molecule has 0 bridgehead atoms. The number of thiazole rings is 1. The van der Waals surface area contributed by atoms with Crippen molar-refractivity contribution in [1.82, 2.24) is 4.57 Å². The Morgan fingerprint density at radius 1 is 1.12 bits per heavy atom. The van der Waals surface area contributed by atoms with Crippen LogP contribution in [0, 0.1) is 0 Å². The number of hydrogen-bond donors (Lipinski definition) is 0. The minimum Gasteiger partial charge on any atom is -0.493 e. The SMILES string of the molecule is CCCOc1ccc(Cl)cc1[C@@H]1C(C(=O)OC)=C(C)N=c2s/c(=C/c3ccc(-c4cccc(C(=O)OCC)c4)o3)c(=O)n21. The molecule has 0 fully saturated rings. The fourth-order valence-electron chi connectivity index (χ4n) is 4.79. The fourth-order valence-corrected chi connectivity index (χ4v) is 6.00. The number of rotatable bonds is 9. The number of carbonyl (C=O) groups is 2. The van der Waals surface area contributed by atoms with E-state index in [0.29, 0.717) is 60.6 Å². The molecule has 0 N–H and O–H groups in total. The van der Waals surface area contributed by atoms with Crippen molar-refractivity contribution in [3.63, 3.8) is 0 Å². The Morgan fingerprint density at radius 2 is 1.93 bits per heavy atom. The Kier molecular flexibility index (Phi) is 8.98. The van der Waals surface area contributed by atoms with Gasteiger partial charge in [0.1, 0.15) is 23.3 Å². The molecule has 1 aliphatic rings. The van der Waals surface area contributed by atoms with Gasteiger partial charge in [-0.3, -0.25) is 9.36 Å². The molecule has 1 aliphatic heterocycles. The summed E-state index contributed by atoms with van der Waals surface area (Å²) in [5.74, 6) is 0.419. The number of aromatic nitrogens is 1. The average molecular weight is 621 g/mol. The van der Waals surface area contributed by atoms with Gasteiger partial charge in [0, 0.05) is 22.2 Å². The lowest BCUT2D eigenvalue weighted by molar-refractivity contribution is -0.136. The minimum atomic E-state index is -0.880. The van der Waals surface area contributed by atoms with Crippen LogP contribution in [-0.4, -0.2) is 36.8 Å². The van der Waals surface area contributed by atoms with E-state index in [1.54, 1.807) is 68.5 Å². The summed E-state index contributed by atoms with van der Waals surface area (Å²) in [5, 5.41) is 0.426. The average Bonchev–Trinajstić information content (AvgIpc) is 3.59. The third-order valence-corrected chi connectivity index (χ3v) is 7.93. The van der Waals surface area contributed by atoms with Crippen LogP contribution >= 0.6 is 22.9 Å². The number of allylic oxidation sites excluding steroid dienone is 1. The van der Waals surface area contributed by atoms with Crippen LogP contribution in [0.4, 0.5) is 0 Å². The molecule has 2 aromatic carbocycles. The highest BCUT2D eigenvalue weighted by Gasteiger charge is 2.35. The van der Waals surface area contributed by atoms with Crippen LogP contribution < -0.4 is 19.6 Å². The first kappa shape index (κ1) is 30.1. The van der Waals surface area contributed by atoms with E-state index >= 15 is 0 Å². The molecule has 43 heavy (non-hydrogen) atoms. The molecule has 11 heteroatoms. The molecule has 0 saturated carbocycles. The largest absolute Gasteiger partial charge is 0.493 e. The molecule has 0 aliphatic carbocycles. The maximum absolute atomic E-state index is 14.0. The highest BCUT2D eigenvalue weighted by molar-refractivity contribution is 7.07. The van der Waals surface area contributed by atoms with E-state index in [4.69, 9.17) is 30.2 Å². The van der Waals surface area contributed by atoms with E-state index in [0.717, 1.165) is 6.42 Å². The van der Waals surface area contributed by atoms with Crippen molar-refractivity contribution < 1.29 is 28.2 Å². The van der Waals surface area contributed by atoms with E-state index in [9.17, 15) is 14.4 Å². The quantitative estimate of drug-likeness (QED) is 0.234. The lowest BCUT2D eigenvalue weighted by Crippen LogP contribution is -2.40. The second-order valence-electron chi connectivity index (χ2n) is 9.61. The van der Waals surface area contributed by atoms with E-state index in [2.05, 4.69) is 4.99 Å². The van der Waals surface area contributed by atoms with Gasteiger partial charge in [0.2, 0.25) is 0 Å². The molecular formula is C32H29ClN2O7S. The Morgan fingerprint density at radius 3 is 2.67 bits per heavy atom. The van der Waals surface area contributed by atoms with E-state index in [1.165, 1.54) is 23.0 Å². The van der Waals surface area contributed by atoms with Gasteiger partial charge in [-0.15, -0.1) is 0 Å². The Balaban J connectivity index is 1.61. The van der Waals surface area contributed by atoms with Crippen LogP contribution in [0.5, 0.6) is 5.75 Å². The van der Waals surface area contributed by atoms with Gasteiger partial charge in [0.05, 0.1) is 41.7 Å². The highest BCUT2D eigenvalue weighted by atomic mass is 35.5. The van der Waals surface area contributed by atoms with Crippen molar-refractivity contribution in [1.29, 1.82) is 0 Å². The second-order valence-corrected chi connectivity index (χ2v) is 11.1. The number of methoxy groups -OCH3 is 1. The summed E-state index contributed by atoms with van der Waals surface area (Å²) >= 11 is 7.57. The summed E-state index contributed by atoms with van der Waals surface area (Å²) in [4.78, 5) is 44.2. The second kappa shape index (κ2) is 12.8. The zero-order valence-electron chi connectivity index (χ0n) is 24.0. The van der Waals surface area contributed by atoms with E-state index in [-0.39, 0.29) is 17.7 Å². The number of benzene rings is 2. The number of fused-ring (bicyclic) bond motifs is 1. The van der Waals surface area contributed by atoms with Crippen molar-refractivity contribution >= 4 is 41.0 Å². The van der Waals surface area contributed by atoms with E-state index < -0.39 is 18.0 Å². The van der Waals surface area contributed by atoms with Crippen LogP contribution in [0.15, 0.2) is 80.1 Å². The molecule has 0 radical (unpaired) electrons. The minimum absolute atomic E-state index is 0.215. The maximum Gasteiger partial charge on any atom is 0.338 e. The monoisotopic (exact) mass is 620 g/mol. The standard InChI is InChI=1S/C32H29ClN2O7S/c1-5-14-41-25-12-10-21(33)16-23(25)28-27(31(38)39-4)18(3)34-32-35(28)29(36)26(43-32)17-22-11-13-24(42-22)19-8-7-9-20(15-19)30(37)40-6-2/h7-13,15-17,28H,5-6,14H2,1-4H3/b26-17+/t28-/m1/s1. The first-order chi connectivity index (χ1) is 20.7. The maximum atomic E-state index is 14.0. The summed E-state index contributed by atoms with van der Waals surface area (Å²) in [6.45, 7) is 6.15. The smallest absolute Gasteiger partial charge is 0.338 e. The van der Waals surface area contributed by atoms with Crippen molar-refractivity contribution in [2.24, 2.45) is 4.99 Å². The molecule has 222 valence electrons. The summed E-state index contributed by atoms with van der Waals surface area (Å²) in [7, 11) is 1.29. The van der Waals surface area contributed by atoms with Gasteiger partial charge in [-0.1, -0.05) is 42.0 Å². The van der Waals surface area contributed by atoms with Crippen molar-refractivity contribution in [3.05, 3.63) is 107 Å². The van der Waals surface area contributed by atoms with Gasteiger partial charge >= 0.3 is 11.9 Å². The lowest BCUT2D eigenvalue weighted by atomic mass is 9.95. The zero-order valence-corrected chi connectivity index (χ0v) is 25.6. The Bertz CT molecular complexity index is 1920. The van der Waals surface area contributed by atoms with E-state index in [1.807, 2.05) is 13.0 Å². The van der Waals surface area contributed by atoms with Gasteiger partial charge in [0.25, 0.3) is 5.56 Å². The van der Waals surface area contributed by atoms with Gasteiger partial charge < -0.3 is 18.6 Å². The van der Waals surface area contributed by atoms with Gasteiger partial charge in [-0.05, 0) is 62.7 Å². The molecule has 4 aromatic rings. The molecule has 2 aromatic heterocycles. The molecule has 1 atom stereocenters. The topological polar surface area (TPSA) is 109 Å². The van der Waals surface area contributed by atoms with Gasteiger partial charge in [-0.2, -0.15) is 0 Å². The number of nitrogens with zero attached hydrogens (tertiary/aromatic N) is 2. The lowest BCUT2D eigenvalue weighted by Gasteiger charge is -2.26. The summed E-state index contributed by atoms with van der Waals surface area (Å²) in [6, 6.07) is 14.7. The molecule has 0 amide bonds. The number of carbonyl (C=O) groups excluding carboxylic acids is 2. The Hall–Kier alpha value is -4.41. The van der Waals surface area contributed by atoms with Crippen LogP contribution in [-0.2, 0) is 14.3 Å². The normalized spacial score (nSPS) is 14.7.